The molecular formula is C16H14IN3O. The van der Waals surface area contributed by atoms with E-state index >= 15 is 0 Å². The quantitative estimate of drug-likeness (QED) is 0.676. The molecule has 0 saturated heterocycles. The number of amides is 1. The van der Waals surface area contributed by atoms with Crippen LogP contribution in [0.5, 0.6) is 0 Å². The number of anilines is 1. The largest absolute Gasteiger partial charge is 0.320 e. The Balaban J connectivity index is 1.89. The second-order valence-electron chi connectivity index (χ2n) is 5.01. The zero-order valence-electron chi connectivity index (χ0n) is 11.7. The van der Waals surface area contributed by atoms with Crippen LogP contribution in [0.3, 0.4) is 0 Å². The maximum Gasteiger partial charge on any atom is 0.275 e. The smallest absolute Gasteiger partial charge is 0.275 e. The number of aromatic nitrogens is 2. The number of halogens is 1. The van der Waals surface area contributed by atoms with Crippen LogP contribution < -0.4 is 5.32 Å². The summed E-state index contributed by atoms with van der Waals surface area (Å²) in [7, 11) is 0. The molecule has 1 N–H and O–H groups in total. The third kappa shape index (κ3) is 2.92. The maximum absolute atomic E-state index is 12.3. The zero-order chi connectivity index (χ0) is 15.0. The molecule has 3 rings (SSSR count). The molecule has 0 fully saturated rings. The van der Waals surface area contributed by atoms with Crippen LogP contribution in [-0.2, 0) is 0 Å². The highest BCUT2D eigenvalue weighted by Crippen LogP contribution is 2.18. The first kappa shape index (κ1) is 14.1. The number of pyridine rings is 1. The van der Waals surface area contributed by atoms with Crippen molar-refractivity contribution in [1.82, 2.24) is 9.38 Å². The Labute approximate surface area is 136 Å². The molecule has 106 valence electrons. The average Bonchev–Trinajstić information content (AvgIpc) is 2.85. The molecule has 0 bridgehead atoms. The van der Waals surface area contributed by atoms with Gasteiger partial charge in [0.15, 0.2) is 0 Å². The van der Waals surface area contributed by atoms with E-state index in [1.807, 2.05) is 54.8 Å². The van der Waals surface area contributed by atoms with Crippen LogP contribution >= 0.6 is 22.6 Å². The van der Waals surface area contributed by atoms with Gasteiger partial charge in [0.1, 0.15) is 11.3 Å². The van der Waals surface area contributed by atoms with Gasteiger partial charge in [-0.25, -0.2) is 4.98 Å². The number of nitrogens with zero attached hydrogens (tertiary/aromatic N) is 2. The number of rotatable bonds is 2. The number of hydrogen-bond donors (Lipinski definition) is 1. The standard InChI is InChI=1S/C16H14IN3O/c1-10-5-6-20-9-14(18-15(20)7-10)16(21)19-13-4-3-12(17)8-11(13)2/h3-9H,1-2H3,(H,19,21). The first-order valence-electron chi connectivity index (χ1n) is 6.56. The van der Waals surface area contributed by atoms with Crippen molar-refractivity contribution in [2.75, 3.05) is 5.32 Å². The summed E-state index contributed by atoms with van der Waals surface area (Å²) in [6.07, 6.45) is 3.65. The van der Waals surface area contributed by atoms with Crippen LogP contribution in [-0.4, -0.2) is 15.3 Å². The second-order valence-corrected chi connectivity index (χ2v) is 6.25. The Kier molecular flexibility index (Phi) is 3.67. The summed E-state index contributed by atoms with van der Waals surface area (Å²) in [6.45, 7) is 3.98. The van der Waals surface area contributed by atoms with Gasteiger partial charge in [-0.1, -0.05) is 0 Å². The molecule has 0 atom stereocenters. The summed E-state index contributed by atoms with van der Waals surface area (Å²) in [6, 6.07) is 9.85. The van der Waals surface area contributed by atoms with Crippen LogP contribution in [0.1, 0.15) is 21.6 Å². The van der Waals surface area contributed by atoms with Gasteiger partial charge in [-0.05, 0) is 77.9 Å². The highest BCUT2D eigenvalue weighted by atomic mass is 127. The lowest BCUT2D eigenvalue weighted by atomic mass is 10.2. The summed E-state index contributed by atoms with van der Waals surface area (Å²) in [4.78, 5) is 16.7. The van der Waals surface area contributed by atoms with Crippen molar-refractivity contribution in [3.63, 3.8) is 0 Å². The average molecular weight is 391 g/mol. The summed E-state index contributed by atoms with van der Waals surface area (Å²) in [5.74, 6) is -0.194. The van der Waals surface area contributed by atoms with Gasteiger partial charge in [-0.3, -0.25) is 4.79 Å². The van der Waals surface area contributed by atoms with Crippen LogP contribution in [0.25, 0.3) is 5.65 Å². The SMILES string of the molecule is Cc1ccn2cc(C(=O)Nc3ccc(I)cc3C)nc2c1. The number of carbonyl (C=O) groups excluding carboxylic acids is 1. The highest BCUT2D eigenvalue weighted by Gasteiger charge is 2.12. The zero-order valence-corrected chi connectivity index (χ0v) is 13.9. The third-order valence-corrected chi connectivity index (χ3v) is 3.96. The first-order valence-corrected chi connectivity index (χ1v) is 7.64. The van der Waals surface area contributed by atoms with Crippen molar-refractivity contribution in [2.45, 2.75) is 13.8 Å². The molecule has 21 heavy (non-hydrogen) atoms. The summed E-state index contributed by atoms with van der Waals surface area (Å²) in [5.41, 5.74) is 4.16. The van der Waals surface area contributed by atoms with E-state index < -0.39 is 0 Å². The first-order chi connectivity index (χ1) is 10.0. The van der Waals surface area contributed by atoms with Gasteiger partial charge >= 0.3 is 0 Å². The van der Waals surface area contributed by atoms with Crippen molar-refractivity contribution in [2.24, 2.45) is 0 Å². The Morgan fingerprint density at radius 2 is 2.05 bits per heavy atom. The predicted molar refractivity (Wildman–Crippen MR) is 91.8 cm³/mol. The molecule has 2 heterocycles. The molecule has 4 nitrogen and oxygen atoms in total. The van der Waals surface area contributed by atoms with E-state index in [0.29, 0.717) is 5.69 Å². The molecule has 2 aromatic heterocycles. The van der Waals surface area contributed by atoms with E-state index in [0.717, 1.165) is 26.0 Å². The molecule has 0 aliphatic carbocycles. The van der Waals surface area contributed by atoms with Crippen LogP contribution in [0.4, 0.5) is 5.69 Å². The number of nitrogens with one attached hydrogen (secondary N) is 1. The van der Waals surface area contributed by atoms with Gasteiger partial charge in [0.2, 0.25) is 0 Å². The highest BCUT2D eigenvalue weighted by molar-refractivity contribution is 14.1. The Hall–Kier alpha value is -1.89. The fraction of sp³-hybridized carbons (Fsp3) is 0.125. The minimum absolute atomic E-state index is 0.194. The molecule has 1 aromatic carbocycles. The van der Waals surface area contributed by atoms with Gasteiger partial charge in [-0.2, -0.15) is 0 Å². The molecule has 0 spiro atoms. The molecule has 3 aromatic rings. The van der Waals surface area contributed by atoms with E-state index in [2.05, 4.69) is 32.9 Å². The fourth-order valence-corrected chi connectivity index (χ4v) is 2.79. The number of aryl methyl sites for hydroxylation is 2. The van der Waals surface area contributed by atoms with E-state index in [9.17, 15) is 4.79 Å². The minimum atomic E-state index is -0.194. The molecule has 0 aliphatic heterocycles. The molecular weight excluding hydrogens is 377 g/mol. The molecule has 1 amide bonds. The van der Waals surface area contributed by atoms with Gasteiger partial charge in [0, 0.05) is 21.7 Å². The van der Waals surface area contributed by atoms with Gasteiger partial charge in [0.25, 0.3) is 5.91 Å². The molecule has 0 aliphatic rings. The topological polar surface area (TPSA) is 46.4 Å². The maximum atomic E-state index is 12.3. The van der Waals surface area contributed by atoms with Gasteiger partial charge in [-0.15, -0.1) is 0 Å². The lowest BCUT2D eigenvalue weighted by molar-refractivity contribution is 0.102. The molecule has 0 radical (unpaired) electrons. The van der Waals surface area contributed by atoms with Gasteiger partial charge in [0.05, 0.1) is 0 Å². The van der Waals surface area contributed by atoms with Crippen molar-refractivity contribution < 1.29 is 4.79 Å². The van der Waals surface area contributed by atoms with Crippen LogP contribution in [0.15, 0.2) is 42.7 Å². The normalized spacial score (nSPS) is 10.8. The lowest BCUT2D eigenvalue weighted by Crippen LogP contribution is -2.13. The van der Waals surface area contributed by atoms with Crippen LogP contribution in [0, 0.1) is 17.4 Å². The summed E-state index contributed by atoms with van der Waals surface area (Å²) >= 11 is 2.25. The molecule has 0 saturated carbocycles. The second kappa shape index (κ2) is 5.48. The number of fused-ring (bicyclic) bond motifs is 1. The van der Waals surface area contributed by atoms with Crippen molar-refractivity contribution in [3.05, 3.63) is 63.1 Å². The molecule has 0 unspecified atom stereocenters. The number of carbonyl (C=O) groups is 1. The van der Waals surface area contributed by atoms with E-state index in [4.69, 9.17) is 0 Å². The van der Waals surface area contributed by atoms with Crippen LogP contribution in [0.2, 0.25) is 0 Å². The predicted octanol–water partition coefficient (Wildman–Crippen LogP) is 3.81. The summed E-state index contributed by atoms with van der Waals surface area (Å²) in [5, 5.41) is 2.91. The van der Waals surface area contributed by atoms with Gasteiger partial charge < -0.3 is 9.72 Å². The number of hydrogen-bond acceptors (Lipinski definition) is 2. The van der Waals surface area contributed by atoms with Crippen molar-refractivity contribution >= 4 is 39.8 Å². The van der Waals surface area contributed by atoms with E-state index in [-0.39, 0.29) is 5.91 Å². The Bertz CT molecular complexity index is 839. The Morgan fingerprint density at radius 1 is 1.24 bits per heavy atom. The monoisotopic (exact) mass is 391 g/mol. The Morgan fingerprint density at radius 3 is 2.81 bits per heavy atom. The minimum Gasteiger partial charge on any atom is -0.320 e. The molecule has 5 heteroatoms. The summed E-state index contributed by atoms with van der Waals surface area (Å²) < 4.78 is 2.99. The lowest BCUT2D eigenvalue weighted by Gasteiger charge is -2.07. The van der Waals surface area contributed by atoms with E-state index in [1.165, 1.54) is 0 Å². The fourth-order valence-electron chi connectivity index (χ4n) is 2.15. The van der Waals surface area contributed by atoms with Crippen molar-refractivity contribution in [3.8, 4) is 0 Å². The number of benzene rings is 1. The number of imidazole rings is 1. The third-order valence-electron chi connectivity index (χ3n) is 3.29. The van der Waals surface area contributed by atoms with E-state index in [1.54, 1.807) is 6.20 Å². The van der Waals surface area contributed by atoms with Crippen molar-refractivity contribution in [1.29, 1.82) is 0 Å².